The van der Waals surface area contributed by atoms with Gasteiger partial charge in [-0.2, -0.15) is 0 Å². The summed E-state index contributed by atoms with van der Waals surface area (Å²) in [4.78, 5) is 14.0. The van der Waals surface area contributed by atoms with Gasteiger partial charge in [0.15, 0.2) is 0 Å². The molecule has 0 aliphatic carbocycles. The Bertz CT molecular complexity index is 517. The SMILES string of the molecule is CNC(C)(C)c1cc2c3c(c1)CCC(=O)N3CCC2. The molecule has 0 bridgehead atoms. The molecule has 3 heteroatoms. The maximum absolute atomic E-state index is 12.0. The molecule has 0 saturated carbocycles. The highest BCUT2D eigenvalue weighted by Crippen LogP contribution is 2.38. The van der Waals surface area contributed by atoms with Gasteiger partial charge in [0.2, 0.25) is 5.91 Å². The molecule has 0 saturated heterocycles. The molecule has 0 unspecified atom stereocenters. The molecule has 3 rings (SSSR count). The molecule has 102 valence electrons. The van der Waals surface area contributed by atoms with Gasteiger partial charge in [0.1, 0.15) is 0 Å². The first-order valence-corrected chi connectivity index (χ1v) is 7.18. The van der Waals surface area contributed by atoms with Crippen LogP contribution in [0.2, 0.25) is 0 Å². The summed E-state index contributed by atoms with van der Waals surface area (Å²) in [5.41, 5.74) is 5.25. The highest BCUT2D eigenvalue weighted by atomic mass is 16.2. The monoisotopic (exact) mass is 258 g/mol. The van der Waals surface area contributed by atoms with Crippen molar-refractivity contribution in [3.63, 3.8) is 0 Å². The smallest absolute Gasteiger partial charge is 0.227 e. The molecule has 2 heterocycles. The second-order valence-electron chi connectivity index (χ2n) is 6.17. The van der Waals surface area contributed by atoms with E-state index in [2.05, 4.69) is 31.3 Å². The van der Waals surface area contributed by atoms with E-state index >= 15 is 0 Å². The number of amides is 1. The van der Waals surface area contributed by atoms with Crippen LogP contribution in [0.1, 0.15) is 43.4 Å². The first kappa shape index (κ1) is 12.7. The fourth-order valence-electron chi connectivity index (χ4n) is 3.16. The summed E-state index contributed by atoms with van der Waals surface area (Å²) in [5.74, 6) is 0.300. The lowest BCUT2D eigenvalue weighted by Crippen LogP contribution is -2.40. The van der Waals surface area contributed by atoms with Crippen LogP contribution in [0.25, 0.3) is 0 Å². The van der Waals surface area contributed by atoms with Crippen molar-refractivity contribution >= 4 is 11.6 Å². The van der Waals surface area contributed by atoms with E-state index in [1.165, 1.54) is 22.4 Å². The molecule has 0 aromatic heterocycles. The van der Waals surface area contributed by atoms with Gasteiger partial charge in [0.25, 0.3) is 0 Å². The molecule has 3 nitrogen and oxygen atoms in total. The molecule has 0 atom stereocenters. The summed E-state index contributed by atoms with van der Waals surface area (Å²) in [7, 11) is 2.00. The first-order valence-electron chi connectivity index (χ1n) is 7.18. The van der Waals surface area contributed by atoms with E-state index in [4.69, 9.17) is 0 Å². The summed E-state index contributed by atoms with van der Waals surface area (Å²) >= 11 is 0. The van der Waals surface area contributed by atoms with Crippen LogP contribution in [0.4, 0.5) is 5.69 Å². The van der Waals surface area contributed by atoms with Crippen LogP contribution in [-0.4, -0.2) is 19.5 Å². The minimum Gasteiger partial charge on any atom is -0.312 e. The molecular formula is C16H22N2O. The summed E-state index contributed by atoms with van der Waals surface area (Å²) in [6, 6.07) is 4.58. The Balaban J connectivity index is 2.14. The molecule has 19 heavy (non-hydrogen) atoms. The van der Waals surface area contributed by atoms with Gasteiger partial charge in [-0.1, -0.05) is 12.1 Å². The quantitative estimate of drug-likeness (QED) is 0.883. The van der Waals surface area contributed by atoms with E-state index in [1.54, 1.807) is 0 Å². The van der Waals surface area contributed by atoms with Gasteiger partial charge in [-0.3, -0.25) is 4.79 Å². The summed E-state index contributed by atoms with van der Waals surface area (Å²) in [5, 5.41) is 3.37. The van der Waals surface area contributed by atoms with Gasteiger partial charge in [-0.05, 0) is 56.8 Å². The molecule has 1 N–H and O–H groups in total. The topological polar surface area (TPSA) is 32.3 Å². The lowest BCUT2D eigenvalue weighted by atomic mass is 9.84. The van der Waals surface area contributed by atoms with Crippen LogP contribution in [0.5, 0.6) is 0 Å². The van der Waals surface area contributed by atoms with Gasteiger partial charge in [-0.15, -0.1) is 0 Å². The van der Waals surface area contributed by atoms with E-state index < -0.39 is 0 Å². The predicted molar refractivity (Wildman–Crippen MR) is 77.5 cm³/mol. The number of hydrogen-bond donors (Lipinski definition) is 1. The predicted octanol–water partition coefficient (Wildman–Crippen LogP) is 2.37. The fourth-order valence-corrected chi connectivity index (χ4v) is 3.16. The van der Waals surface area contributed by atoms with E-state index in [0.29, 0.717) is 12.3 Å². The number of rotatable bonds is 2. The normalized spacial score (nSPS) is 18.5. The third kappa shape index (κ3) is 1.96. The Morgan fingerprint density at radius 3 is 2.53 bits per heavy atom. The Labute approximate surface area is 115 Å². The maximum Gasteiger partial charge on any atom is 0.227 e. The van der Waals surface area contributed by atoms with Crippen LogP contribution < -0.4 is 10.2 Å². The van der Waals surface area contributed by atoms with Gasteiger partial charge < -0.3 is 10.2 Å². The number of benzene rings is 1. The third-order valence-electron chi connectivity index (χ3n) is 4.62. The Hall–Kier alpha value is -1.35. The molecule has 2 aliphatic heterocycles. The van der Waals surface area contributed by atoms with E-state index in [1.807, 2.05) is 11.9 Å². The van der Waals surface area contributed by atoms with Crippen molar-refractivity contribution in [3.8, 4) is 0 Å². The van der Waals surface area contributed by atoms with Gasteiger partial charge in [0, 0.05) is 18.5 Å². The number of carbonyl (C=O) groups is 1. The number of nitrogens with zero attached hydrogens (tertiary/aromatic N) is 1. The third-order valence-corrected chi connectivity index (χ3v) is 4.62. The van der Waals surface area contributed by atoms with Gasteiger partial charge in [0.05, 0.1) is 5.69 Å². The second-order valence-corrected chi connectivity index (χ2v) is 6.17. The van der Waals surface area contributed by atoms with Crippen molar-refractivity contribution in [2.75, 3.05) is 18.5 Å². The Morgan fingerprint density at radius 1 is 1.16 bits per heavy atom. The molecule has 1 aromatic carbocycles. The number of aryl methyl sites for hydroxylation is 2. The summed E-state index contributed by atoms with van der Waals surface area (Å²) in [6.07, 6.45) is 3.74. The highest BCUT2D eigenvalue weighted by molar-refractivity contribution is 5.97. The van der Waals surface area contributed by atoms with Crippen molar-refractivity contribution in [2.24, 2.45) is 0 Å². The number of anilines is 1. The zero-order valence-corrected chi connectivity index (χ0v) is 12.0. The summed E-state index contributed by atoms with van der Waals surface area (Å²) < 4.78 is 0. The maximum atomic E-state index is 12.0. The average Bonchev–Trinajstić information content (AvgIpc) is 2.42. The van der Waals surface area contributed by atoms with Crippen LogP contribution in [0.15, 0.2) is 12.1 Å². The lowest BCUT2D eigenvalue weighted by molar-refractivity contribution is -0.119. The van der Waals surface area contributed by atoms with Crippen LogP contribution in [-0.2, 0) is 23.2 Å². The molecule has 2 aliphatic rings. The minimum atomic E-state index is -0.0186. The van der Waals surface area contributed by atoms with Crippen LogP contribution in [0.3, 0.4) is 0 Å². The lowest BCUT2D eigenvalue weighted by Gasteiger charge is -2.37. The van der Waals surface area contributed by atoms with Gasteiger partial charge in [-0.25, -0.2) is 0 Å². The van der Waals surface area contributed by atoms with E-state index in [0.717, 1.165) is 25.8 Å². The van der Waals surface area contributed by atoms with Crippen LogP contribution >= 0.6 is 0 Å². The first-order chi connectivity index (χ1) is 9.03. The van der Waals surface area contributed by atoms with Crippen LogP contribution in [0, 0.1) is 0 Å². The highest BCUT2D eigenvalue weighted by Gasteiger charge is 2.31. The molecule has 0 spiro atoms. The Morgan fingerprint density at radius 2 is 1.84 bits per heavy atom. The Kier molecular flexibility index (Phi) is 2.90. The molecule has 1 amide bonds. The van der Waals surface area contributed by atoms with Crippen molar-refractivity contribution in [1.82, 2.24) is 5.32 Å². The summed E-state index contributed by atoms with van der Waals surface area (Å²) in [6.45, 7) is 5.31. The van der Waals surface area contributed by atoms with Gasteiger partial charge >= 0.3 is 0 Å². The number of nitrogens with one attached hydrogen (secondary N) is 1. The molecule has 1 aromatic rings. The zero-order valence-electron chi connectivity index (χ0n) is 12.0. The largest absolute Gasteiger partial charge is 0.312 e. The van der Waals surface area contributed by atoms with E-state index in [-0.39, 0.29) is 5.54 Å². The van der Waals surface area contributed by atoms with E-state index in [9.17, 15) is 4.79 Å². The number of carbonyl (C=O) groups excluding carboxylic acids is 1. The molecule has 0 radical (unpaired) electrons. The molecule has 0 fully saturated rings. The van der Waals surface area contributed by atoms with Crippen molar-refractivity contribution in [2.45, 2.75) is 45.1 Å². The van der Waals surface area contributed by atoms with Crippen molar-refractivity contribution in [1.29, 1.82) is 0 Å². The standard InChI is InChI=1S/C16H22N2O/c1-16(2,17-3)13-9-11-5-4-8-18-14(19)7-6-12(10-13)15(11)18/h9-10,17H,4-8H2,1-3H3. The zero-order chi connectivity index (χ0) is 13.6. The van der Waals surface area contributed by atoms with Crippen molar-refractivity contribution in [3.05, 3.63) is 28.8 Å². The molecular weight excluding hydrogens is 236 g/mol. The second kappa shape index (κ2) is 4.34. The number of hydrogen-bond acceptors (Lipinski definition) is 2. The fraction of sp³-hybridized carbons (Fsp3) is 0.562. The average molecular weight is 258 g/mol. The van der Waals surface area contributed by atoms with Crippen molar-refractivity contribution < 1.29 is 4.79 Å². The minimum absolute atomic E-state index is 0.0186.